The summed E-state index contributed by atoms with van der Waals surface area (Å²) in [5, 5.41) is 3.48. The first-order valence-electron chi connectivity index (χ1n) is 5.78. The highest BCUT2D eigenvalue weighted by Crippen LogP contribution is 2.32. The van der Waals surface area contributed by atoms with Crippen molar-refractivity contribution in [3.8, 4) is 0 Å². The molecule has 0 aliphatic carbocycles. The molecular weight excluding hydrogens is 198 g/mol. The third kappa shape index (κ3) is 3.29. The summed E-state index contributed by atoms with van der Waals surface area (Å²) in [5.74, 6) is 0.949. The summed E-state index contributed by atoms with van der Waals surface area (Å²) in [6.45, 7) is 14.9. The third-order valence-electron chi connectivity index (χ3n) is 2.99. The SMILES string of the molecule is C=C=C(NC(C)(C)CN1CC1(C)C)N(C)C. The first kappa shape index (κ1) is 13.1. The van der Waals surface area contributed by atoms with Gasteiger partial charge in [0.2, 0.25) is 0 Å². The molecule has 1 unspecified atom stereocenters. The number of nitrogens with one attached hydrogen (secondary N) is 1. The molecule has 1 aliphatic heterocycles. The van der Waals surface area contributed by atoms with Crippen molar-refractivity contribution in [2.45, 2.75) is 38.8 Å². The molecule has 92 valence electrons. The van der Waals surface area contributed by atoms with E-state index < -0.39 is 0 Å². The van der Waals surface area contributed by atoms with Crippen LogP contribution in [-0.4, -0.2) is 48.1 Å². The van der Waals surface area contributed by atoms with Gasteiger partial charge in [-0.05, 0) is 27.7 Å². The van der Waals surface area contributed by atoms with Gasteiger partial charge in [-0.15, -0.1) is 0 Å². The fourth-order valence-electron chi connectivity index (χ4n) is 1.85. The second kappa shape index (κ2) is 4.15. The van der Waals surface area contributed by atoms with Gasteiger partial charge in [0.05, 0.1) is 0 Å². The van der Waals surface area contributed by atoms with Crippen LogP contribution in [0.3, 0.4) is 0 Å². The minimum absolute atomic E-state index is 0.0397. The van der Waals surface area contributed by atoms with Gasteiger partial charge in [-0.1, -0.05) is 12.3 Å². The fraction of sp³-hybridized carbons (Fsp3) is 0.769. The highest BCUT2D eigenvalue weighted by atomic mass is 15.4. The summed E-state index contributed by atoms with van der Waals surface area (Å²) in [6.07, 6.45) is 0. The second-order valence-electron chi connectivity index (χ2n) is 6.10. The normalized spacial score (nSPS) is 22.2. The van der Waals surface area contributed by atoms with E-state index in [0.717, 1.165) is 12.4 Å². The van der Waals surface area contributed by atoms with Gasteiger partial charge < -0.3 is 10.2 Å². The molecule has 0 spiro atoms. The number of hydrogen-bond acceptors (Lipinski definition) is 3. The maximum absolute atomic E-state index is 3.71. The molecule has 0 amide bonds. The minimum atomic E-state index is 0.0397. The second-order valence-corrected chi connectivity index (χ2v) is 6.10. The Morgan fingerprint density at radius 2 is 2.00 bits per heavy atom. The lowest BCUT2D eigenvalue weighted by Gasteiger charge is -2.31. The van der Waals surface area contributed by atoms with Crippen LogP contribution in [-0.2, 0) is 0 Å². The average molecular weight is 223 g/mol. The van der Waals surface area contributed by atoms with Crippen LogP contribution < -0.4 is 5.32 Å². The van der Waals surface area contributed by atoms with Gasteiger partial charge in [-0.25, -0.2) is 0 Å². The molecular formula is C13H25N3. The van der Waals surface area contributed by atoms with Gasteiger partial charge >= 0.3 is 0 Å². The molecule has 1 heterocycles. The maximum Gasteiger partial charge on any atom is 0.146 e. The molecule has 16 heavy (non-hydrogen) atoms. The third-order valence-corrected chi connectivity index (χ3v) is 2.99. The van der Waals surface area contributed by atoms with Gasteiger partial charge in [-0.2, -0.15) is 0 Å². The lowest BCUT2D eigenvalue weighted by molar-refractivity contribution is 0.285. The van der Waals surface area contributed by atoms with Gasteiger partial charge in [-0.3, -0.25) is 4.90 Å². The van der Waals surface area contributed by atoms with E-state index in [1.807, 2.05) is 19.0 Å². The van der Waals surface area contributed by atoms with Crippen molar-refractivity contribution in [3.05, 3.63) is 18.1 Å². The van der Waals surface area contributed by atoms with Crippen LogP contribution in [0.15, 0.2) is 18.1 Å². The van der Waals surface area contributed by atoms with Crippen LogP contribution in [0, 0.1) is 0 Å². The Balaban J connectivity index is 2.55. The van der Waals surface area contributed by atoms with Crippen molar-refractivity contribution in [1.82, 2.24) is 15.1 Å². The fourth-order valence-corrected chi connectivity index (χ4v) is 1.85. The monoisotopic (exact) mass is 223 g/mol. The summed E-state index contributed by atoms with van der Waals surface area (Å²) in [7, 11) is 4.00. The summed E-state index contributed by atoms with van der Waals surface area (Å²) in [4.78, 5) is 4.47. The minimum Gasteiger partial charge on any atom is -0.359 e. The molecule has 0 aromatic rings. The van der Waals surface area contributed by atoms with E-state index in [2.05, 4.69) is 50.2 Å². The molecule has 0 aromatic heterocycles. The number of rotatable bonds is 5. The van der Waals surface area contributed by atoms with Crippen LogP contribution in [0.4, 0.5) is 0 Å². The highest BCUT2D eigenvalue weighted by molar-refractivity contribution is 5.06. The zero-order valence-electron chi connectivity index (χ0n) is 11.5. The molecule has 0 bridgehead atoms. The van der Waals surface area contributed by atoms with Crippen molar-refractivity contribution in [2.24, 2.45) is 0 Å². The Labute approximate surface area is 99.8 Å². The van der Waals surface area contributed by atoms with E-state index in [1.165, 1.54) is 6.54 Å². The van der Waals surface area contributed by atoms with Crippen molar-refractivity contribution in [3.63, 3.8) is 0 Å². The number of hydrogen-bond donors (Lipinski definition) is 1. The molecule has 1 fully saturated rings. The van der Waals surface area contributed by atoms with Gasteiger partial charge in [0, 0.05) is 38.3 Å². The smallest absolute Gasteiger partial charge is 0.146 e. The van der Waals surface area contributed by atoms with Crippen LogP contribution in [0.5, 0.6) is 0 Å². The first-order chi connectivity index (χ1) is 7.18. The summed E-state index contributed by atoms with van der Waals surface area (Å²) >= 11 is 0. The predicted molar refractivity (Wildman–Crippen MR) is 69.2 cm³/mol. The molecule has 0 saturated carbocycles. The molecule has 1 atom stereocenters. The predicted octanol–water partition coefficient (Wildman–Crippen LogP) is 1.64. The Bertz CT molecular complexity index is 309. The topological polar surface area (TPSA) is 18.3 Å². The van der Waals surface area contributed by atoms with Crippen LogP contribution in [0.2, 0.25) is 0 Å². The largest absolute Gasteiger partial charge is 0.359 e. The molecule has 0 radical (unpaired) electrons. The molecule has 1 aliphatic rings. The van der Waals surface area contributed by atoms with Gasteiger partial charge in [0.25, 0.3) is 0 Å². The molecule has 0 aromatic carbocycles. The van der Waals surface area contributed by atoms with E-state index in [1.54, 1.807) is 0 Å². The molecule has 3 heteroatoms. The van der Waals surface area contributed by atoms with Crippen molar-refractivity contribution in [1.29, 1.82) is 0 Å². The molecule has 1 rings (SSSR count). The van der Waals surface area contributed by atoms with Crippen molar-refractivity contribution >= 4 is 0 Å². The Morgan fingerprint density at radius 3 is 2.31 bits per heavy atom. The Morgan fingerprint density at radius 1 is 1.50 bits per heavy atom. The summed E-state index contributed by atoms with van der Waals surface area (Å²) in [5.41, 5.74) is 3.36. The maximum atomic E-state index is 3.71. The molecule has 1 saturated heterocycles. The van der Waals surface area contributed by atoms with E-state index in [9.17, 15) is 0 Å². The van der Waals surface area contributed by atoms with Gasteiger partial charge in [0.15, 0.2) is 0 Å². The average Bonchev–Trinajstić information content (AvgIpc) is 2.68. The van der Waals surface area contributed by atoms with Crippen LogP contribution in [0.25, 0.3) is 0 Å². The Kier molecular flexibility index (Phi) is 3.41. The zero-order valence-corrected chi connectivity index (χ0v) is 11.5. The van der Waals surface area contributed by atoms with Crippen molar-refractivity contribution in [2.75, 3.05) is 27.2 Å². The van der Waals surface area contributed by atoms with Crippen LogP contribution >= 0.6 is 0 Å². The van der Waals surface area contributed by atoms with Crippen molar-refractivity contribution < 1.29 is 0 Å². The Hall–Kier alpha value is -0.920. The quantitative estimate of drug-likeness (QED) is 0.564. The molecule has 1 N–H and O–H groups in total. The van der Waals surface area contributed by atoms with E-state index in [-0.39, 0.29) is 5.54 Å². The standard InChI is InChI=1S/C13H25N3/c1-8-11(15(6)7)14-12(2,3)9-16-10-13(16,4)5/h14H,1,9-10H2,2-7H3. The lowest BCUT2D eigenvalue weighted by Crippen LogP contribution is -2.47. The lowest BCUT2D eigenvalue weighted by atomic mass is 10.1. The summed E-state index contributed by atoms with van der Waals surface area (Å²) in [6, 6.07) is 0. The van der Waals surface area contributed by atoms with E-state index in [0.29, 0.717) is 5.54 Å². The van der Waals surface area contributed by atoms with Crippen LogP contribution in [0.1, 0.15) is 27.7 Å². The van der Waals surface area contributed by atoms with E-state index >= 15 is 0 Å². The summed E-state index contributed by atoms with van der Waals surface area (Å²) < 4.78 is 0. The van der Waals surface area contributed by atoms with Gasteiger partial charge in [0.1, 0.15) is 5.82 Å². The first-order valence-corrected chi connectivity index (χ1v) is 5.78. The number of nitrogens with zero attached hydrogens (tertiary/aromatic N) is 2. The van der Waals surface area contributed by atoms with E-state index in [4.69, 9.17) is 0 Å². The molecule has 3 nitrogen and oxygen atoms in total. The highest BCUT2D eigenvalue weighted by Gasteiger charge is 2.45. The zero-order chi connectivity index (χ0) is 12.6.